The van der Waals surface area contributed by atoms with Gasteiger partial charge in [0.2, 0.25) is 6.79 Å². The molecule has 2 aromatic carbocycles. The standard InChI is InChI=1S/C16H14N2O6/c19-16(24-13-4-2-12(3-5-13)18(20)21)17-8-7-11-1-6-14-15(9-11)23-10-22-14/h1-6,9H,7-8,10H2,(H,17,19). The third kappa shape index (κ3) is 3.72. The summed E-state index contributed by atoms with van der Waals surface area (Å²) in [6.07, 6.45) is -0.0176. The third-order valence-electron chi connectivity index (χ3n) is 3.38. The van der Waals surface area contributed by atoms with E-state index in [1.807, 2.05) is 18.2 Å². The SMILES string of the molecule is O=C(NCCc1ccc2c(c1)OCO2)Oc1ccc([N+](=O)[O-])cc1. The lowest BCUT2D eigenvalue weighted by Crippen LogP contribution is -2.28. The van der Waals surface area contributed by atoms with Crippen molar-refractivity contribution in [1.82, 2.24) is 5.32 Å². The molecule has 24 heavy (non-hydrogen) atoms. The predicted octanol–water partition coefficient (Wildman–Crippen LogP) is 2.65. The number of carbonyl (C=O) groups is 1. The molecule has 2 aromatic rings. The van der Waals surface area contributed by atoms with Gasteiger partial charge in [-0.3, -0.25) is 10.1 Å². The quantitative estimate of drug-likeness (QED) is 0.668. The number of ether oxygens (including phenoxy) is 3. The summed E-state index contributed by atoms with van der Waals surface area (Å²) in [6.45, 7) is 0.601. The van der Waals surface area contributed by atoms with Crippen molar-refractivity contribution >= 4 is 11.8 Å². The summed E-state index contributed by atoms with van der Waals surface area (Å²) in [4.78, 5) is 21.7. The zero-order chi connectivity index (χ0) is 16.9. The first kappa shape index (κ1) is 15.6. The van der Waals surface area contributed by atoms with Gasteiger partial charge >= 0.3 is 6.09 Å². The van der Waals surface area contributed by atoms with Crippen LogP contribution in [0.1, 0.15) is 5.56 Å². The second kappa shape index (κ2) is 6.86. The third-order valence-corrected chi connectivity index (χ3v) is 3.38. The summed E-state index contributed by atoms with van der Waals surface area (Å²) in [5.41, 5.74) is 0.931. The molecule has 1 N–H and O–H groups in total. The Morgan fingerprint density at radius 3 is 2.67 bits per heavy atom. The molecule has 0 saturated carbocycles. The summed E-state index contributed by atoms with van der Waals surface area (Å²) in [7, 11) is 0. The van der Waals surface area contributed by atoms with Crippen LogP contribution in [0.4, 0.5) is 10.5 Å². The van der Waals surface area contributed by atoms with Crippen LogP contribution >= 0.6 is 0 Å². The van der Waals surface area contributed by atoms with E-state index >= 15 is 0 Å². The number of rotatable bonds is 5. The molecule has 1 aliphatic rings. The van der Waals surface area contributed by atoms with Gasteiger partial charge in [-0.2, -0.15) is 0 Å². The molecule has 1 amide bonds. The second-order valence-electron chi connectivity index (χ2n) is 5.00. The number of hydrogen-bond acceptors (Lipinski definition) is 6. The highest BCUT2D eigenvalue weighted by Gasteiger charge is 2.13. The second-order valence-corrected chi connectivity index (χ2v) is 5.00. The number of fused-ring (bicyclic) bond motifs is 1. The number of carbonyl (C=O) groups excluding carboxylic acids is 1. The normalized spacial score (nSPS) is 11.8. The highest BCUT2D eigenvalue weighted by Crippen LogP contribution is 2.32. The molecule has 124 valence electrons. The number of hydrogen-bond donors (Lipinski definition) is 1. The van der Waals surface area contributed by atoms with Crippen LogP contribution in [0, 0.1) is 10.1 Å². The van der Waals surface area contributed by atoms with Crippen LogP contribution in [0.5, 0.6) is 17.2 Å². The average Bonchev–Trinajstić information content (AvgIpc) is 3.03. The highest BCUT2D eigenvalue weighted by atomic mass is 16.7. The van der Waals surface area contributed by atoms with E-state index in [2.05, 4.69) is 5.32 Å². The van der Waals surface area contributed by atoms with Gasteiger partial charge in [0.05, 0.1) is 4.92 Å². The predicted molar refractivity (Wildman–Crippen MR) is 83.4 cm³/mol. The molecule has 0 bridgehead atoms. The van der Waals surface area contributed by atoms with Crippen molar-refractivity contribution in [1.29, 1.82) is 0 Å². The Kier molecular flexibility index (Phi) is 4.46. The van der Waals surface area contributed by atoms with E-state index in [1.54, 1.807) is 0 Å². The minimum Gasteiger partial charge on any atom is -0.454 e. The van der Waals surface area contributed by atoms with E-state index in [-0.39, 0.29) is 18.2 Å². The fourth-order valence-electron chi connectivity index (χ4n) is 2.18. The van der Waals surface area contributed by atoms with Crippen molar-refractivity contribution in [3.05, 3.63) is 58.1 Å². The molecule has 0 radical (unpaired) electrons. The summed E-state index contributed by atoms with van der Waals surface area (Å²) in [5, 5.41) is 13.2. The Bertz CT molecular complexity index is 760. The van der Waals surface area contributed by atoms with Crippen molar-refractivity contribution in [2.45, 2.75) is 6.42 Å². The summed E-state index contributed by atoms with van der Waals surface area (Å²) in [6, 6.07) is 10.9. The Balaban J connectivity index is 1.46. The van der Waals surface area contributed by atoms with E-state index in [9.17, 15) is 14.9 Å². The Morgan fingerprint density at radius 1 is 1.17 bits per heavy atom. The molecule has 0 spiro atoms. The maximum absolute atomic E-state index is 11.7. The van der Waals surface area contributed by atoms with E-state index < -0.39 is 11.0 Å². The van der Waals surface area contributed by atoms with Crippen LogP contribution in [0.25, 0.3) is 0 Å². The topological polar surface area (TPSA) is 99.9 Å². The van der Waals surface area contributed by atoms with E-state index in [1.165, 1.54) is 24.3 Å². The van der Waals surface area contributed by atoms with E-state index in [0.717, 1.165) is 5.56 Å². The fraction of sp³-hybridized carbons (Fsp3) is 0.188. The minimum atomic E-state index is -0.621. The van der Waals surface area contributed by atoms with Gasteiger partial charge in [0, 0.05) is 18.7 Å². The summed E-state index contributed by atoms with van der Waals surface area (Å²) in [5.74, 6) is 1.64. The monoisotopic (exact) mass is 330 g/mol. The zero-order valence-corrected chi connectivity index (χ0v) is 12.6. The molecule has 0 fully saturated rings. The van der Waals surface area contributed by atoms with Crippen LogP contribution in [-0.2, 0) is 6.42 Å². The van der Waals surface area contributed by atoms with Gasteiger partial charge in [0.1, 0.15) is 5.75 Å². The molecule has 3 rings (SSSR count). The van der Waals surface area contributed by atoms with Crippen molar-refractivity contribution in [2.24, 2.45) is 0 Å². The number of amides is 1. The molecule has 0 unspecified atom stereocenters. The molecule has 0 atom stereocenters. The molecule has 0 aromatic heterocycles. The zero-order valence-electron chi connectivity index (χ0n) is 12.6. The molecular formula is C16H14N2O6. The van der Waals surface area contributed by atoms with E-state index in [4.69, 9.17) is 14.2 Å². The molecule has 8 heteroatoms. The Hall–Kier alpha value is -3.29. The Morgan fingerprint density at radius 2 is 1.92 bits per heavy atom. The van der Waals surface area contributed by atoms with Crippen molar-refractivity contribution < 1.29 is 23.9 Å². The number of benzene rings is 2. The minimum absolute atomic E-state index is 0.0643. The van der Waals surface area contributed by atoms with Gasteiger partial charge in [-0.15, -0.1) is 0 Å². The van der Waals surface area contributed by atoms with Crippen LogP contribution in [-0.4, -0.2) is 24.4 Å². The van der Waals surface area contributed by atoms with Crippen LogP contribution in [0.15, 0.2) is 42.5 Å². The first-order chi connectivity index (χ1) is 11.6. The van der Waals surface area contributed by atoms with E-state index in [0.29, 0.717) is 24.5 Å². The van der Waals surface area contributed by atoms with Gasteiger partial charge in [-0.25, -0.2) is 4.79 Å². The van der Waals surface area contributed by atoms with Gasteiger partial charge < -0.3 is 19.5 Å². The van der Waals surface area contributed by atoms with Gasteiger partial charge in [0.15, 0.2) is 11.5 Å². The lowest BCUT2D eigenvalue weighted by molar-refractivity contribution is -0.384. The van der Waals surface area contributed by atoms with Crippen LogP contribution in [0.3, 0.4) is 0 Å². The number of nitro groups is 1. The van der Waals surface area contributed by atoms with Gasteiger partial charge in [-0.1, -0.05) is 6.07 Å². The number of nitrogens with zero attached hydrogens (tertiary/aromatic N) is 1. The molecule has 0 saturated heterocycles. The summed E-state index contributed by atoms with van der Waals surface area (Å²) >= 11 is 0. The van der Waals surface area contributed by atoms with Gasteiger partial charge in [0.25, 0.3) is 5.69 Å². The maximum Gasteiger partial charge on any atom is 0.412 e. The fourth-order valence-corrected chi connectivity index (χ4v) is 2.18. The number of non-ortho nitro benzene ring substituents is 1. The van der Waals surface area contributed by atoms with Crippen molar-refractivity contribution in [3.63, 3.8) is 0 Å². The molecule has 1 aliphatic heterocycles. The van der Waals surface area contributed by atoms with Crippen LogP contribution < -0.4 is 19.5 Å². The Labute approximate surface area is 137 Å². The first-order valence-corrected chi connectivity index (χ1v) is 7.20. The number of nitrogens with one attached hydrogen (secondary N) is 1. The highest BCUT2D eigenvalue weighted by molar-refractivity contribution is 5.70. The lowest BCUT2D eigenvalue weighted by Gasteiger charge is -2.07. The number of nitro benzene ring substituents is 1. The van der Waals surface area contributed by atoms with Crippen LogP contribution in [0.2, 0.25) is 0 Å². The average molecular weight is 330 g/mol. The van der Waals surface area contributed by atoms with Crippen molar-refractivity contribution in [2.75, 3.05) is 13.3 Å². The lowest BCUT2D eigenvalue weighted by atomic mass is 10.1. The van der Waals surface area contributed by atoms with Crippen molar-refractivity contribution in [3.8, 4) is 17.2 Å². The first-order valence-electron chi connectivity index (χ1n) is 7.20. The molecule has 0 aliphatic carbocycles. The largest absolute Gasteiger partial charge is 0.454 e. The molecular weight excluding hydrogens is 316 g/mol. The molecule has 8 nitrogen and oxygen atoms in total. The van der Waals surface area contributed by atoms with Gasteiger partial charge in [-0.05, 0) is 36.2 Å². The summed E-state index contributed by atoms with van der Waals surface area (Å²) < 4.78 is 15.6. The maximum atomic E-state index is 11.7. The molecule has 1 heterocycles. The smallest absolute Gasteiger partial charge is 0.412 e.